The number of hydrogen-bond donors (Lipinski definition) is 2. The zero-order valence-corrected chi connectivity index (χ0v) is 14.5. The van der Waals surface area contributed by atoms with Gasteiger partial charge in [-0.25, -0.2) is 0 Å². The molecule has 124 valence electrons. The Bertz CT molecular complexity index is 539. The van der Waals surface area contributed by atoms with Crippen molar-refractivity contribution in [3.63, 3.8) is 0 Å². The first-order valence-corrected chi connectivity index (χ1v) is 7.61. The molecular weight excluding hydrogens is 280 g/mol. The molecule has 0 saturated carbocycles. The zero-order valence-electron chi connectivity index (χ0n) is 14.5. The SMILES string of the molecule is Cc1cc(OCCC(=O)O)cc(C(C)(C)CC(C)(C)C)c1O. The molecule has 0 amide bonds. The predicted molar refractivity (Wildman–Crippen MR) is 87.7 cm³/mol. The quantitative estimate of drug-likeness (QED) is 0.823. The highest BCUT2D eigenvalue weighted by Crippen LogP contribution is 2.42. The van der Waals surface area contributed by atoms with E-state index >= 15 is 0 Å². The van der Waals surface area contributed by atoms with Gasteiger partial charge >= 0.3 is 5.97 Å². The molecule has 0 unspecified atom stereocenters. The van der Waals surface area contributed by atoms with Gasteiger partial charge in [0.1, 0.15) is 11.5 Å². The maximum Gasteiger partial charge on any atom is 0.306 e. The van der Waals surface area contributed by atoms with Crippen molar-refractivity contribution in [3.8, 4) is 11.5 Å². The highest BCUT2D eigenvalue weighted by atomic mass is 16.5. The van der Waals surface area contributed by atoms with Crippen LogP contribution in [0.15, 0.2) is 12.1 Å². The first kappa shape index (κ1) is 18.3. The van der Waals surface area contributed by atoms with Gasteiger partial charge in [-0.2, -0.15) is 0 Å². The standard InChI is InChI=1S/C18H28O4/c1-12-9-13(22-8-7-15(19)20)10-14(16(12)21)18(5,6)11-17(2,3)4/h9-10,21H,7-8,11H2,1-6H3,(H,19,20). The van der Waals surface area contributed by atoms with Crippen LogP contribution in [0.3, 0.4) is 0 Å². The normalized spacial score (nSPS) is 12.3. The summed E-state index contributed by atoms with van der Waals surface area (Å²) >= 11 is 0. The molecule has 0 aliphatic carbocycles. The summed E-state index contributed by atoms with van der Waals surface area (Å²) < 4.78 is 5.53. The van der Waals surface area contributed by atoms with Crippen molar-refractivity contribution in [1.29, 1.82) is 0 Å². The van der Waals surface area contributed by atoms with Crippen molar-refractivity contribution in [2.24, 2.45) is 5.41 Å². The van der Waals surface area contributed by atoms with Gasteiger partial charge in [-0.05, 0) is 41.9 Å². The molecule has 1 aromatic rings. The molecule has 0 aliphatic rings. The lowest BCUT2D eigenvalue weighted by Gasteiger charge is -2.34. The van der Waals surface area contributed by atoms with Crippen LogP contribution >= 0.6 is 0 Å². The fourth-order valence-electron chi connectivity index (χ4n) is 3.02. The van der Waals surface area contributed by atoms with Crippen molar-refractivity contribution in [2.45, 2.75) is 59.8 Å². The summed E-state index contributed by atoms with van der Waals surface area (Å²) in [7, 11) is 0. The summed E-state index contributed by atoms with van der Waals surface area (Å²) in [5, 5.41) is 19.1. The Hall–Kier alpha value is -1.71. The number of ether oxygens (including phenoxy) is 1. The summed E-state index contributed by atoms with van der Waals surface area (Å²) in [4.78, 5) is 10.6. The van der Waals surface area contributed by atoms with Crippen molar-refractivity contribution < 1.29 is 19.7 Å². The van der Waals surface area contributed by atoms with Crippen LogP contribution in [0.1, 0.15) is 58.6 Å². The molecule has 0 spiro atoms. The molecule has 0 radical (unpaired) electrons. The van der Waals surface area contributed by atoms with Crippen molar-refractivity contribution >= 4 is 5.97 Å². The first-order chi connectivity index (χ1) is 9.92. The molecule has 2 N–H and O–H groups in total. The maximum atomic E-state index is 10.6. The van der Waals surface area contributed by atoms with Crippen LogP contribution in [0.2, 0.25) is 0 Å². The van der Waals surface area contributed by atoms with Crippen LogP contribution < -0.4 is 4.74 Å². The Kier molecular flexibility index (Phi) is 5.49. The molecule has 0 atom stereocenters. The highest BCUT2D eigenvalue weighted by Gasteiger charge is 2.30. The van der Waals surface area contributed by atoms with E-state index in [1.54, 1.807) is 6.07 Å². The van der Waals surface area contributed by atoms with E-state index < -0.39 is 5.97 Å². The third kappa shape index (κ3) is 5.24. The number of phenolic OH excluding ortho intramolecular Hbond substituents is 1. The fourth-order valence-corrected chi connectivity index (χ4v) is 3.02. The second-order valence-electron chi connectivity index (χ2n) is 7.75. The number of carboxylic acids is 1. The molecule has 0 aliphatic heterocycles. The number of carboxylic acid groups (broad SMARTS) is 1. The molecule has 1 rings (SSSR count). The van der Waals surface area contributed by atoms with Crippen LogP contribution in [-0.2, 0) is 10.2 Å². The molecule has 0 aromatic heterocycles. The Morgan fingerprint density at radius 3 is 2.27 bits per heavy atom. The monoisotopic (exact) mass is 308 g/mol. The van der Waals surface area contributed by atoms with Crippen LogP contribution in [-0.4, -0.2) is 22.8 Å². The van der Waals surface area contributed by atoms with Gasteiger partial charge in [0.25, 0.3) is 0 Å². The van der Waals surface area contributed by atoms with Gasteiger partial charge in [-0.15, -0.1) is 0 Å². The molecular formula is C18H28O4. The Balaban J connectivity index is 3.08. The lowest BCUT2D eigenvalue weighted by atomic mass is 9.71. The lowest BCUT2D eigenvalue weighted by Crippen LogP contribution is -2.25. The summed E-state index contributed by atoms with van der Waals surface area (Å²) in [6.45, 7) is 12.7. The largest absolute Gasteiger partial charge is 0.507 e. The third-order valence-corrected chi connectivity index (χ3v) is 3.56. The minimum atomic E-state index is -0.885. The van der Waals surface area contributed by atoms with Crippen LogP contribution in [0.5, 0.6) is 11.5 Å². The van der Waals surface area contributed by atoms with Crippen LogP contribution in [0.4, 0.5) is 0 Å². The number of benzene rings is 1. The van der Waals surface area contributed by atoms with Gasteiger partial charge in [0.2, 0.25) is 0 Å². The maximum absolute atomic E-state index is 10.6. The van der Waals surface area contributed by atoms with Gasteiger partial charge in [-0.1, -0.05) is 34.6 Å². The molecule has 22 heavy (non-hydrogen) atoms. The predicted octanol–water partition coefficient (Wildman–Crippen LogP) is 4.27. The second kappa shape index (κ2) is 6.59. The first-order valence-electron chi connectivity index (χ1n) is 7.61. The summed E-state index contributed by atoms with van der Waals surface area (Å²) in [6.07, 6.45) is 0.867. The number of rotatable bonds is 6. The van der Waals surface area contributed by atoms with E-state index in [0.717, 1.165) is 17.5 Å². The number of hydrogen-bond acceptors (Lipinski definition) is 3. The van der Waals surface area contributed by atoms with E-state index in [1.165, 1.54) is 0 Å². The molecule has 0 heterocycles. The highest BCUT2D eigenvalue weighted by molar-refractivity contribution is 5.66. The number of phenols is 1. The summed E-state index contributed by atoms with van der Waals surface area (Å²) in [5.74, 6) is 0.0113. The van der Waals surface area contributed by atoms with Crippen molar-refractivity contribution in [3.05, 3.63) is 23.3 Å². The lowest BCUT2D eigenvalue weighted by molar-refractivity contribution is -0.137. The third-order valence-electron chi connectivity index (χ3n) is 3.56. The second-order valence-corrected chi connectivity index (χ2v) is 7.75. The summed E-state index contributed by atoms with van der Waals surface area (Å²) in [5.41, 5.74) is 1.50. The molecule has 4 heteroatoms. The van der Waals surface area contributed by atoms with Gasteiger partial charge in [-0.3, -0.25) is 4.79 Å². The zero-order chi connectivity index (χ0) is 17.1. The van der Waals surface area contributed by atoms with E-state index in [0.29, 0.717) is 11.5 Å². The number of aryl methyl sites for hydroxylation is 1. The van der Waals surface area contributed by atoms with Crippen molar-refractivity contribution in [2.75, 3.05) is 6.61 Å². The minimum Gasteiger partial charge on any atom is -0.507 e. The Morgan fingerprint density at radius 1 is 1.18 bits per heavy atom. The van der Waals surface area contributed by atoms with Gasteiger partial charge < -0.3 is 14.9 Å². The Labute approximate surface area is 133 Å². The van der Waals surface area contributed by atoms with Crippen LogP contribution in [0.25, 0.3) is 0 Å². The molecule has 0 bridgehead atoms. The van der Waals surface area contributed by atoms with Gasteiger partial charge in [0.15, 0.2) is 0 Å². The minimum absolute atomic E-state index is 0.0410. The molecule has 0 saturated heterocycles. The van der Waals surface area contributed by atoms with Crippen molar-refractivity contribution in [1.82, 2.24) is 0 Å². The average Bonchev–Trinajstić information content (AvgIpc) is 2.29. The van der Waals surface area contributed by atoms with Gasteiger partial charge in [0.05, 0.1) is 13.0 Å². The average molecular weight is 308 g/mol. The van der Waals surface area contributed by atoms with E-state index in [2.05, 4.69) is 34.6 Å². The molecule has 0 fully saturated rings. The van der Waals surface area contributed by atoms with Gasteiger partial charge in [0, 0.05) is 5.56 Å². The van der Waals surface area contributed by atoms with Crippen LogP contribution in [0, 0.1) is 12.3 Å². The number of carbonyl (C=O) groups is 1. The van der Waals surface area contributed by atoms with E-state index in [9.17, 15) is 9.90 Å². The number of aliphatic carboxylic acids is 1. The molecule has 1 aromatic carbocycles. The smallest absolute Gasteiger partial charge is 0.306 e. The Morgan fingerprint density at radius 2 is 1.77 bits per heavy atom. The van der Waals surface area contributed by atoms with E-state index in [-0.39, 0.29) is 23.9 Å². The van der Waals surface area contributed by atoms with E-state index in [4.69, 9.17) is 9.84 Å². The fraction of sp³-hybridized carbons (Fsp3) is 0.611. The number of aromatic hydroxyl groups is 1. The molecule has 4 nitrogen and oxygen atoms in total. The summed E-state index contributed by atoms with van der Waals surface area (Å²) in [6, 6.07) is 3.57. The van der Waals surface area contributed by atoms with E-state index in [1.807, 2.05) is 13.0 Å². The topological polar surface area (TPSA) is 66.8 Å².